The van der Waals surface area contributed by atoms with Crippen molar-refractivity contribution in [3.05, 3.63) is 34.6 Å². The average Bonchev–Trinajstić information content (AvgIpc) is 2.28. The molecule has 0 saturated heterocycles. The van der Waals surface area contributed by atoms with Gasteiger partial charge in [0.05, 0.1) is 17.6 Å². The molecule has 0 radical (unpaired) electrons. The van der Waals surface area contributed by atoms with Gasteiger partial charge in [0.1, 0.15) is 5.82 Å². The first-order valence-electron chi connectivity index (χ1n) is 4.86. The number of benzene rings is 1. The first-order valence-corrected chi connectivity index (χ1v) is 5.24. The average molecular weight is 260 g/mol. The molecule has 0 aromatic heterocycles. The highest BCUT2D eigenvalue weighted by Gasteiger charge is 2.16. The Bertz CT molecular complexity index is 450. The number of aliphatic carboxylic acids is 1. The molecule has 0 aliphatic heterocycles. The second-order valence-electron chi connectivity index (χ2n) is 3.49. The Morgan fingerprint density at radius 1 is 1.53 bits per heavy atom. The first-order chi connectivity index (χ1) is 7.91. The van der Waals surface area contributed by atoms with Crippen molar-refractivity contribution in [2.45, 2.75) is 13.0 Å². The van der Waals surface area contributed by atoms with Gasteiger partial charge in [-0.1, -0.05) is 11.6 Å². The highest BCUT2D eigenvalue weighted by Crippen LogP contribution is 2.17. The third-order valence-electron chi connectivity index (χ3n) is 2.16. The van der Waals surface area contributed by atoms with E-state index in [2.05, 4.69) is 5.32 Å². The SMILES string of the molecule is CC(NCC(=O)O)C(=O)c1ccc(F)c(Cl)c1. The molecule has 0 bridgehead atoms. The molecule has 1 aromatic carbocycles. The summed E-state index contributed by atoms with van der Waals surface area (Å²) in [4.78, 5) is 22.1. The van der Waals surface area contributed by atoms with Crippen LogP contribution in [0.25, 0.3) is 0 Å². The molecule has 17 heavy (non-hydrogen) atoms. The molecule has 0 fully saturated rings. The van der Waals surface area contributed by atoms with Gasteiger partial charge in [-0.15, -0.1) is 0 Å². The van der Waals surface area contributed by atoms with Crippen molar-refractivity contribution in [1.29, 1.82) is 0 Å². The van der Waals surface area contributed by atoms with E-state index in [1.165, 1.54) is 19.1 Å². The number of hydrogen-bond donors (Lipinski definition) is 2. The lowest BCUT2D eigenvalue weighted by molar-refractivity contribution is -0.136. The molecule has 0 heterocycles. The second kappa shape index (κ2) is 5.75. The third kappa shape index (κ3) is 3.80. The summed E-state index contributed by atoms with van der Waals surface area (Å²) in [5.41, 5.74) is 0.238. The predicted octanol–water partition coefficient (Wildman–Crippen LogP) is 1.72. The number of halogens is 2. The fraction of sp³-hybridized carbons (Fsp3) is 0.273. The van der Waals surface area contributed by atoms with Crippen molar-refractivity contribution in [1.82, 2.24) is 5.32 Å². The zero-order valence-corrected chi connectivity index (χ0v) is 9.79. The summed E-state index contributed by atoms with van der Waals surface area (Å²) >= 11 is 5.55. The van der Waals surface area contributed by atoms with Crippen LogP contribution in [-0.4, -0.2) is 29.4 Å². The van der Waals surface area contributed by atoms with Crippen LogP contribution in [0.1, 0.15) is 17.3 Å². The van der Waals surface area contributed by atoms with Gasteiger partial charge in [-0.05, 0) is 25.1 Å². The Kier molecular flexibility index (Phi) is 4.60. The number of carbonyl (C=O) groups is 2. The van der Waals surface area contributed by atoms with E-state index in [-0.39, 0.29) is 22.9 Å². The molecule has 1 rings (SSSR count). The van der Waals surface area contributed by atoms with E-state index in [1.807, 2.05) is 0 Å². The molecule has 2 N–H and O–H groups in total. The van der Waals surface area contributed by atoms with Gasteiger partial charge in [-0.2, -0.15) is 0 Å². The summed E-state index contributed by atoms with van der Waals surface area (Å²) in [6, 6.07) is 2.95. The molecule has 6 heteroatoms. The van der Waals surface area contributed by atoms with Crippen LogP contribution in [0.5, 0.6) is 0 Å². The lowest BCUT2D eigenvalue weighted by Gasteiger charge is -2.11. The largest absolute Gasteiger partial charge is 0.480 e. The number of carboxylic acids is 1. The van der Waals surface area contributed by atoms with Gasteiger partial charge in [0.2, 0.25) is 0 Å². The van der Waals surface area contributed by atoms with E-state index < -0.39 is 17.8 Å². The summed E-state index contributed by atoms with van der Waals surface area (Å²) in [7, 11) is 0. The lowest BCUT2D eigenvalue weighted by Crippen LogP contribution is -2.37. The van der Waals surface area contributed by atoms with Crippen molar-refractivity contribution < 1.29 is 19.1 Å². The molecular formula is C11H11ClFNO3. The van der Waals surface area contributed by atoms with Gasteiger partial charge in [0.25, 0.3) is 0 Å². The molecule has 0 spiro atoms. The minimum atomic E-state index is -1.05. The summed E-state index contributed by atoms with van der Waals surface area (Å²) in [5.74, 6) is -2.00. The van der Waals surface area contributed by atoms with Gasteiger partial charge < -0.3 is 5.11 Å². The number of ketones is 1. The van der Waals surface area contributed by atoms with E-state index in [0.29, 0.717) is 0 Å². The van der Waals surface area contributed by atoms with Crippen LogP contribution in [0.2, 0.25) is 5.02 Å². The number of nitrogens with one attached hydrogen (secondary N) is 1. The Labute approximate surface area is 102 Å². The van der Waals surface area contributed by atoms with Crippen molar-refractivity contribution in [2.75, 3.05) is 6.54 Å². The molecular weight excluding hydrogens is 249 g/mol. The van der Waals surface area contributed by atoms with E-state index >= 15 is 0 Å². The fourth-order valence-corrected chi connectivity index (χ4v) is 1.41. The third-order valence-corrected chi connectivity index (χ3v) is 2.45. The zero-order chi connectivity index (χ0) is 13.0. The fourth-order valence-electron chi connectivity index (χ4n) is 1.23. The van der Waals surface area contributed by atoms with Crippen molar-refractivity contribution in [2.24, 2.45) is 0 Å². The lowest BCUT2D eigenvalue weighted by atomic mass is 10.1. The number of hydrogen-bond acceptors (Lipinski definition) is 3. The van der Waals surface area contributed by atoms with Crippen LogP contribution in [0.15, 0.2) is 18.2 Å². The Morgan fingerprint density at radius 3 is 2.71 bits per heavy atom. The van der Waals surface area contributed by atoms with Crippen molar-refractivity contribution >= 4 is 23.4 Å². The van der Waals surface area contributed by atoms with Gasteiger partial charge in [0.15, 0.2) is 5.78 Å². The van der Waals surface area contributed by atoms with E-state index in [9.17, 15) is 14.0 Å². The monoisotopic (exact) mass is 259 g/mol. The summed E-state index contributed by atoms with van der Waals surface area (Å²) in [6.07, 6.45) is 0. The summed E-state index contributed by atoms with van der Waals surface area (Å²) in [6.45, 7) is 1.21. The molecule has 4 nitrogen and oxygen atoms in total. The van der Waals surface area contributed by atoms with Crippen LogP contribution >= 0.6 is 11.6 Å². The summed E-state index contributed by atoms with van der Waals surface area (Å²) in [5, 5.41) is 10.8. The van der Waals surface area contributed by atoms with Crippen LogP contribution in [0, 0.1) is 5.82 Å². The molecule has 1 atom stereocenters. The van der Waals surface area contributed by atoms with Crippen LogP contribution < -0.4 is 5.32 Å². The topological polar surface area (TPSA) is 66.4 Å². The maximum atomic E-state index is 12.9. The molecule has 1 aromatic rings. The van der Waals surface area contributed by atoms with Crippen LogP contribution in [0.4, 0.5) is 4.39 Å². The zero-order valence-electron chi connectivity index (χ0n) is 9.04. The van der Waals surface area contributed by atoms with Gasteiger partial charge >= 0.3 is 5.97 Å². The van der Waals surface area contributed by atoms with Gasteiger partial charge in [0, 0.05) is 5.56 Å². The molecule has 0 aliphatic carbocycles. The Hall–Kier alpha value is -1.46. The highest BCUT2D eigenvalue weighted by atomic mass is 35.5. The number of rotatable bonds is 5. The quantitative estimate of drug-likeness (QED) is 0.791. The molecule has 92 valence electrons. The van der Waals surface area contributed by atoms with Gasteiger partial charge in [-0.3, -0.25) is 14.9 Å². The van der Waals surface area contributed by atoms with Crippen molar-refractivity contribution in [3.8, 4) is 0 Å². The van der Waals surface area contributed by atoms with Crippen LogP contribution in [-0.2, 0) is 4.79 Å². The minimum absolute atomic E-state index is 0.138. The maximum absolute atomic E-state index is 12.9. The predicted molar refractivity (Wildman–Crippen MR) is 60.8 cm³/mol. The number of Topliss-reactive ketones (excluding diaryl/α,β-unsaturated/α-hetero) is 1. The number of carboxylic acid groups (broad SMARTS) is 1. The van der Waals surface area contributed by atoms with Gasteiger partial charge in [-0.25, -0.2) is 4.39 Å². The summed E-state index contributed by atoms with van der Waals surface area (Å²) < 4.78 is 12.9. The normalized spacial score (nSPS) is 12.2. The Balaban J connectivity index is 2.74. The smallest absolute Gasteiger partial charge is 0.317 e. The first kappa shape index (κ1) is 13.6. The van der Waals surface area contributed by atoms with E-state index in [0.717, 1.165) is 6.07 Å². The molecule has 1 unspecified atom stereocenters. The second-order valence-corrected chi connectivity index (χ2v) is 3.90. The standard InChI is InChI=1S/C11H11ClFNO3/c1-6(14-5-10(15)16)11(17)7-2-3-9(13)8(12)4-7/h2-4,6,14H,5H2,1H3,(H,15,16). The minimum Gasteiger partial charge on any atom is -0.480 e. The highest BCUT2D eigenvalue weighted by molar-refractivity contribution is 6.31. The van der Waals surface area contributed by atoms with E-state index in [4.69, 9.17) is 16.7 Å². The van der Waals surface area contributed by atoms with Crippen molar-refractivity contribution in [3.63, 3.8) is 0 Å². The molecule has 0 aliphatic rings. The molecule has 0 amide bonds. The number of carbonyl (C=O) groups excluding carboxylic acids is 1. The Morgan fingerprint density at radius 2 is 2.18 bits per heavy atom. The maximum Gasteiger partial charge on any atom is 0.317 e. The van der Waals surface area contributed by atoms with E-state index in [1.54, 1.807) is 0 Å². The van der Waals surface area contributed by atoms with Crippen LogP contribution in [0.3, 0.4) is 0 Å². The molecule has 0 saturated carbocycles.